The Balaban J connectivity index is 1.70. The normalized spacial score (nSPS) is 15.1. The number of hydrogen-bond acceptors (Lipinski definition) is 5. The number of aryl methyl sites for hydroxylation is 2. The number of nitrogens with zero attached hydrogens (tertiary/aromatic N) is 4. The van der Waals surface area contributed by atoms with E-state index in [-0.39, 0.29) is 30.4 Å². The van der Waals surface area contributed by atoms with Crippen molar-refractivity contribution in [2.24, 2.45) is 0 Å². The van der Waals surface area contributed by atoms with Crippen molar-refractivity contribution in [3.8, 4) is 11.6 Å². The average molecular weight is 406 g/mol. The second kappa shape index (κ2) is 7.02. The van der Waals surface area contributed by atoms with Crippen LogP contribution in [0.1, 0.15) is 48.3 Å². The molecule has 0 amide bonds. The molecule has 1 saturated carbocycles. The van der Waals surface area contributed by atoms with Crippen molar-refractivity contribution in [3.63, 3.8) is 0 Å². The Morgan fingerprint density at radius 3 is 2.72 bits per heavy atom. The fraction of sp³-hybridized carbons (Fsp3) is 0.368. The standard InChI is InChI=1S/C19H17F3N4O3/c1-10-8-11(20)2-3-12(10)19(5-6-19)18-23-17(29-25-18)14-9-13(16(21)22)24-26(14)7-4-15(27)28/h2-3,8-9,16H,4-7H2,1H3,(H,27,28). The lowest BCUT2D eigenvalue weighted by atomic mass is 9.91. The third kappa shape index (κ3) is 3.50. The van der Waals surface area contributed by atoms with Crippen molar-refractivity contribution in [1.29, 1.82) is 0 Å². The summed E-state index contributed by atoms with van der Waals surface area (Å²) in [5.41, 5.74) is 0.781. The van der Waals surface area contributed by atoms with E-state index in [1.807, 2.05) is 0 Å². The lowest BCUT2D eigenvalue weighted by Gasteiger charge is -2.14. The van der Waals surface area contributed by atoms with Gasteiger partial charge in [-0.1, -0.05) is 11.2 Å². The SMILES string of the molecule is Cc1cc(F)ccc1C1(c2noc(-c3cc(C(F)F)nn3CCC(=O)O)n2)CC1. The topological polar surface area (TPSA) is 94.0 Å². The molecule has 2 heterocycles. The smallest absolute Gasteiger partial charge is 0.305 e. The number of halogens is 3. The van der Waals surface area contributed by atoms with Crippen molar-refractivity contribution >= 4 is 5.97 Å². The molecule has 1 aromatic carbocycles. The van der Waals surface area contributed by atoms with Gasteiger partial charge in [0.25, 0.3) is 12.3 Å². The van der Waals surface area contributed by atoms with Crippen molar-refractivity contribution < 1.29 is 27.6 Å². The number of aromatic nitrogens is 4. The first kappa shape index (κ1) is 19.2. The molecule has 1 N–H and O–H groups in total. The molecule has 0 saturated heterocycles. The second-order valence-corrected chi connectivity index (χ2v) is 7.09. The molecule has 10 heteroatoms. The number of alkyl halides is 2. The molecular formula is C19H17F3N4O3. The van der Waals surface area contributed by atoms with Gasteiger partial charge in [0.2, 0.25) is 0 Å². The van der Waals surface area contributed by atoms with Crippen LogP contribution in [-0.4, -0.2) is 31.0 Å². The Hall–Kier alpha value is -3.17. The summed E-state index contributed by atoms with van der Waals surface area (Å²) in [7, 11) is 0. The zero-order chi connectivity index (χ0) is 20.8. The summed E-state index contributed by atoms with van der Waals surface area (Å²) in [5.74, 6) is -1.06. The highest BCUT2D eigenvalue weighted by Gasteiger charge is 2.51. The van der Waals surface area contributed by atoms with Gasteiger partial charge < -0.3 is 9.63 Å². The van der Waals surface area contributed by atoms with Gasteiger partial charge in [-0.25, -0.2) is 13.2 Å². The highest BCUT2D eigenvalue weighted by molar-refractivity contribution is 5.66. The third-order valence-electron chi connectivity index (χ3n) is 5.09. The fourth-order valence-electron chi connectivity index (χ4n) is 3.51. The van der Waals surface area contributed by atoms with Crippen LogP contribution >= 0.6 is 0 Å². The van der Waals surface area contributed by atoms with E-state index in [1.165, 1.54) is 12.1 Å². The van der Waals surface area contributed by atoms with Crippen LogP contribution in [0.2, 0.25) is 0 Å². The molecule has 4 rings (SSSR count). The van der Waals surface area contributed by atoms with Gasteiger partial charge in [0, 0.05) is 0 Å². The molecule has 152 valence electrons. The van der Waals surface area contributed by atoms with Crippen LogP contribution in [0.4, 0.5) is 13.2 Å². The first-order valence-corrected chi connectivity index (χ1v) is 8.99. The van der Waals surface area contributed by atoms with Gasteiger partial charge in [0.15, 0.2) is 5.82 Å². The van der Waals surface area contributed by atoms with Crippen LogP contribution < -0.4 is 0 Å². The molecule has 1 aliphatic rings. The number of hydrogen-bond donors (Lipinski definition) is 1. The quantitative estimate of drug-likeness (QED) is 0.640. The van der Waals surface area contributed by atoms with Gasteiger partial charge in [-0.2, -0.15) is 10.1 Å². The van der Waals surface area contributed by atoms with Crippen LogP contribution in [0.3, 0.4) is 0 Å². The number of carboxylic acid groups (broad SMARTS) is 1. The zero-order valence-electron chi connectivity index (χ0n) is 15.4. The van der Waals surface area contributed by atoms with E-state index in [4.69, 9.17) is 9.63 Å². The number of benzene rings is 1. The van der Waals surface area contributed by atoms with Crippen molar-refractivity contribution in [3.05, 3.63) is 52.7 Å². The van der Waals surface area contributed by atoms with E-state index >= 15 is 0 Å². The van der Waals surface area contributed by atoms with E-state index < -0.39 is 23.5 Å². The summed E-state index contributed by atoms with van der Waals surface area (Å²) in [6.07, 6.45) is -1.62. The summed E-state index contributed by atoms with van der Waals surface area (Å²) in [4.78, 5) is 15.2. The van der Waals surface area contributed by atoms with Crippen molar-refractivity contribution in [1.82, 2.24) is 19.9 Å². The summed E-state index contributed by atoms with van der Waals surface area (Å²) in [6.45, 7) is 1.69. The molecule has 0 bridgehead atoms. The van der Waals surface area contributed by atoms with E-state index in [2.05, 4.69) is 15.2 Å². The summed E-state index contributed by atoms with van der Waals surface area (Å²) in [5, 5.41) is 16.7. The maximum Gasteiger partial charge on any atom is 0.305 e. The third-order valence-corrected chi connectivity index (χ3v) is 5.09. The van der Waals surface area contributed by atoms with Crippen LogP contribution in [-0.2, 0) is 16.8 Å². The van der Waals surface area contributed by atoms with E-state index in [1.54, 1.807) is 13.0 Å². The molecule has 1 fully saturated rings. The molecule has 29 heavy (non-hydrogen) atoms. The Morgan fingerprint density at radius 2 is 2.10 bits per heavy atom. The van der Waals surface area contributed by atoms with Crippen LogP contribution in [0, 0.1) is 12.7 Å². The highest BCUT2D eigenvalue weighted by Crippen LogP contribution is 2.53. The minimum absolute atomic E-state index is 0.0178. The monoisotopic (exact) mass is 406 g/mol. The maximum absolute atomic E-state index is 13.5. The molecule has 7 nitrogen and oxygen atoms in total. The predicted molar refractivity (Wildman–Crippen MR) is 93.9 cm³/mol. The van der Waals surface area contributed by atoms with Gasteiger partial charge >= 0.3 is 5.97 Å². The molecule has 2 aromatic heterocycles. The van der Waals surface area contributed by atoms with E-state index in [0.717, 1.165) is 34.7 Å². The molecule has 0 radical (unpaired) electrons. The van der Waals surface area contributed by atoms with Crippen molar-refractivity contribution in [2.75, 3.05) is 0 Å². The molecule has 3 aromatic rings. The molecule has 0 spiro atoms. The van der Waals surface area contributed by atoms with Gasteiger partial charge in [-0.05, 0) is 49.1 Å². The van der Waals surface area contributed by atoms with Gasteiger partial charge in [0.1, 0.15) is 17.2 Å². The summed E-state index contributed by atoms with van der Waals surface area (Å²) in [6, 6.07) is 5.62. The minimum Gasteiger partial charge on any atom is -0.481 e. The minimum atomic E-state index is -2.82. The second-order valence-electron chi connectivity index (χ2n) is 7.09. The molecule has 0 aliphatic heterocycles. The summed E-state index contributed by atoms with van der Waals surface area (Å²) < 4.78 is 46.1. The fourth-order valence-corrected chi connectivity index (χ4v) is 3.51. The number of rotatable bonds is 7. The number of carbonyl (C=O) groups is 1. The van der Waals surface area contributed by atoms with Crippen LogP contribution in [0.15, 0.2) is 28.8 Å². The van der Waals surface area contributed by atoms with Crippen molar-refractivity contribution in [2.45, 2.75) is 44.6 Å². The maximum atomic E-state index is 13.5. The lowest BCUT2D eigenvalue weighted by molar-refractivity contribution is -0.137. The molecular weight excluding hydrogens is 389 g/mol. The van der Waals surface area contributed by atoms with Gasteiger partial charge in [-0.15, -0.1) is 0 Å². The highest BCUT2D eigenvalue weighted by atomic mass is 19.3. The zero-order valence-corrected chi connectivity index (χ0v) is 15.4. The predicted octanol–water partition coefficient (Wildman–Crippen LogP) is 3.87. The van der Waals surface area contributed by atoms with E-state index in [9.17, 15) is 18.0 Å². The molecule has 0 unspecified atom stereocenters. The largest absolute Gasteiger partial charge is 0.481 e. The van der Waals surface area contributed by atoms with Crippen LogP contribution in [0.5, 0.6) is 0 Å². The average Bonchev–Trinajstić information content (AvgIpc) is 3.12. The lowest BCUT2D eigenvalue weighted by Crippen LogP contribution is -2.13. The number of aliphatic carboxylic acids is 1. The molecule has 0 atom stereocenters. The summed E-state index contributed by atoms with van der Waals surface area (Å²) >= 11 is 0. The van der Waals surface area contributed by atoms with Gasteiger partial charge in [0.05, 0.1) is 18.4 Å². The Labute approximate surface area is 163 Å². The van der Waals surface area contributed by atoms with E-state index in [0.29, 0.717) is 5.82 Å². The first-order chi connectivity index (χ1) is 13.8. The number of carboxylic acids is 1. The Bertz CT molecular complexity index is 1070. The molecule has 1 aliphatic carbocycles. The van der Waals surface area contributed by atoms with Gasteiger partial charge in [-0.3, -0.25) is 9.48 Å². The first-order valence-electron chi connectivity index (χ1n) is 8.99. The Kier molecular flexibility index (Phi) is 4.64. The van der Waals surface area contributed by atoms with Crippen LogP contribution in [0.25, 0.3) is 11.6 Å². The Morgan fingerprint density at radius 1 is 1.34 bits per heavy atom.